The van der Waals surface area contributed by atoms with Crippen LogP contribution in [0.4, 0.5) is 11.4 Å². The van der Waals surface area contributed by atoms with Gasteiger partial charge in [0.25, 0.3) is 0 Å². The molecule has 5 nitrogen and oxygen atoms in total. The SMILES string of the molecule is N#Cc1cc(N)c(Cc2ccccc2)n1CC(=O)Nc1ccccc1. The fourth-order valence-electron chi connectivity index (χ4n) is 2.74. The van der Waals surface area contributed by atoms with Crippen LogP contribution in [-0.2, 0) is 17.8 Å². The first-order chi connectivity index (χ1) is 12.2. The number of aromatic nitrogens is 1. The van der Waals surface area contributed by atoms with E-state index >= 15 is 0 Å². The van der Waals surface area contributed by atoms with E-state index in [0.29, 0.717) is 17.8 Å². The number of nitrogen functional groups attached to an aromatic ring is 1. The van der Waals surface area contributed by atoms with Crippen molar-refractivity contribution < 1.29 is 4.79 Å². The molecule has 1 aromatic heterocycles. The molecule has 0 spiro atoms. The van der Waals surface area contributed by atoms with Gasteiger partial charge in [0.05, 0.1) is 5.69 Å². The lowest BCUT2D eigenvalue weighted by molar-refractivity contribution is -0.116. The Morgan fingerprint density at radius 3 is 2.36 bits per heavy atom. The van der Waals surface area contributed by atoms with Crippen LogP contribution in [-0.4, -0.2) is 10.5 Å². The van der Waals surface area contributed by atoms with Crippen molar-refractivity contribution in [3.8, 4) is 6.07 Å². The topological polar surface area (TPSA) is 83.8 Å². The van der Waals surface area contributed by atoms with Crippen molar-refractivity contribution >= 4 is 17.3 Å². The average molecular weight is 330 g/mol. The van der Waals surface area contributed by atoms with Gasteiger partial charge in [0.2, 0.25) is 5.91 Å². The summed E-state index contributed by atoms with van der Waals surface area (Å²) in [7, 11) is 0. The highest BCUT2D eigenvalue weighted by atomic mass is 16.1. The van der Waals surface area contributed by atoms with E-state index in [-0.39, 0.29) is 12.5 Å². The Balaban J connectivity index is 1.84. The van der Waals surface area contributed by atoms with E-state index in [1.807, 2.05) is 60.7 Å². The third-order valence-corrected chi connectivity index (χ3v) is 3.93. The molecule has 0 radical (unpaired) electrons. The van der Waals surface area contributed by atoms with Gasteiger partial charge < -0.3 is 15.6 Å². The summed E-state index contributed by atoms with van der Waals surface area (Å²) in [5.74, 6) is -0.201. The number of nitrogens with zero attached hydrogens (tertiary/aromatic N) is 2. The average Bonchev–Trinajstić information content (AvgIpc) is 2.92. The van der Waals surface area contributed by atoms with E-state index in [4.69, 9.17) is 5.73 Å². The zero-order valence-corrected chi connectivity index (χ0v) is 13.6. The van der Waals surface area contributed by atoms with Crippen molar-refractivity contribution in [2.45, 2.75) is 13.0 Å². The van der Waals surface area contributed by atoms with Crippen molar-refractivity contribution in [1.29, 1.82) is 5.26 Å². The predicted octanol–water partition coefficient (Wildman–Crippen LogP) is 3.17. The molecule has 3 N–H and O–H groups in total. The summed E-state index contributed by atoms with van der Waals surface area (Å²) in [6, 6.07) is 22.8. The second-order valence-corrected chi connectivity index (χ2v) is 5.71. The zero-order valence-electron chi connectivity index (χ0n) is 13.6. The number of carbonyl (C=O) groups excluding carboxylic acids is 1. The van der Waals surface area contributed by atoms with Gasteiger partial charge in [-0.15, -0.1) is 0 Å². The minimum atomic E-state index is -0.201. The minimum absolute atomic E-state index is 0.0388. The molecule has 1 amide bonds. The van der Waals surface area contributed by atoms with Crippen LogP contribution >= 0.6 is 0 Å². The smallest absolute Gasteiger partial charge is 0.244 e. The molecule has 0 saturated carbocycles. The molecule has 5 heteroatoms. The number of para-hydroxylation sites is 1. The highest BCUT2D eigenvalue weighted by molar-refractivity contribution is 5.90. The van der Waals surface area contributed by atoms with Crippen LogP contribution in [0.25, 0.3) is 0 Å². The molecule has 0 saturated heterocycles. The summed E-state index contributed by atoms with van der Waals surface area (Å²) in [5, 5.41) is 12.2. The number of hydrogen-bond acceptors (Lipinski definition) is 3. The number of anilines is 2. The second kappa shape index (κ2) is 7.37. The van der Waals surface area contributed by atoms with E-state index in [2.05, 4.69) is 11.4 Å². The number of benzene rings is 2. The number of carbonyl (C=O) groups is 1. The van der Waals surface area contributed by atoms with E-state index in [0.717, 1.165) is 16.9 Å². The third kappa shape index (κ3) is 3.88. The van der Waals surface area contributed by atoms with Crippen LogP contribution in [0.5, 0.6) is 0 Å². The molecule has 3 aromatic rings. The summed E-state index contributed by atoms with van der Waals surface area (Å²) in [6.45, 7) is 0.0388. The van der Waals surface area contributed by atoms with Gasteiger partial charge in [0.15, 0.2) is 0 Å². The zero-order chi connectivity index (χ0) is 17.6. The fraction of sp³-hybridized carbons (Fsp3) is 0.100. The number of rotatable bonds is 5. The van der Waals surface area contributed by atoms with Gasteiger partial charge in [-0.25, -0.2) is 0 Å². The molecule has 0 aliphatic rings. The molecule has 0 aliphatic carbocycles. The van der Waals surface area contributed by atoms with Crippen LogP contribution in [0.15, 0.2) is 66.7 Å². The minimum Gasteiger partial charge on any atom is -0.397 e. The van der Waals surface area contributed by atoms with Gasteiger partial charge in [-0.05, 0) is 23.8 Å². The number of hydrogen-bond donors (Lipinski definition) is 2. The number of nitrogens with two attached hydrogens (primary N) is 1. The summed E-state index contributed by atoms with van der Waals surface area (Å²) in [6.07, 6.45) is 0.562. The first-order valence-corrected chi connectivity index (χ1v) is 7.94. The van der Waals surface area contributed by atoms with E-state index < -0.39 is 0 Å². The number of nitrogens with one attached hydrogen (secondary N) is 1. The lowest BCUT2D eigenvalue weighted by atomic mass is 10.1. The van der Waals surface area contributed by atoms with Gasteiger partial charge in [-0.3, -0.25) is 4.79 Å². The number of nitriles is 1. The first kappa shape index (κ1) is 16.3. The molecule has 0 aliphatic heterocycles. The lowest BCUT2D eigenvalue weighted by Crippen LogP contribution is -2.21. The maximum Gasteiger partial charge on any atom is 0.244 e. The molecule has 0 fully saturated rings. The predicted molar refractivity (Wildman–Crippen MR) is 97.9 cm³/mol. The van der Waals surface area contributed by atoms with Crippen LogP contribution < -0.4 is 11.1 Å². The van der Waals surface area contributed by atoms with E-state index in [9.17, 15) is 10.1 Å². The molecule has 0 bridgehead atoms. The molecule has 3 rings (SSSR count). The maximum atomic E-state index is 12.4. The van der Waals surface area contributed by atoms with E-state index in [1.54, 1.807) is 10.6 Å². The Morgan fingerprint density at radius 2 is 1.72 bits per heavy atom. The van der Waals surface area contributed by atoms with E-state index in [1.165, 1.54) is 0 Å². The van der Waals surface area contributed by atoms with Gasteiger partial charge >= 0.3 is 0 Å². The standard InChI is InChI=1S/C20H18N4O/c21-13-17-12-18(22)19(11-15-7-3-1-4-8-15)24(17)14-20(25)23-16-9-5-2-6-10-16/h1-10,12H,11,14,22H2,(H,23,25). The monoisotopic (exact) mass is 330 g/mol. The highest BCUT2D eigenvalue weighted by Crippen LogP contribution is 2.22. The van der Waals surface area contributed by atoms with Crippen molar-refractivity contribution in [2.24, 2.45) is 0 Å². The molecular formula is C20H18N4O. The van der Waals surface area contributed by atoms with Crippen molar-refractivity contribution in [1.82, 2.24) is 4.57 Å². The summed E-state index contributed by atoms with van der Waals surface area (Å²) in [5.41, 5.74) is 9.55. The summed E-state index contributed by atoms with van der Waals surface area (Å²) in [4.78, 5) is 12.4. The molecule has 25 heavy (non-hydrogen) atoms. The summed E-state index contributed by atoms with van der Waals surface area (Å²) >= 11 is 0. The molecule has 0 unspecified atom stereocenters. The van der Waals surface area contributed by atoms with Gasteiger partial charge in [0, 0.05) is 17.8 Å². The van der Waals surface area contributed by atoms with Crippen LogP contribution in [0.1, 0.15) is 17.0 Å². The molecular weight excluding hydrogens is 312 g/mol. The van der Waals surface area contributed by atoms with Crippen molar-refractivity contribution in [3.63, 3.8) is 0 Å². The Kier molecular flexibility index (Phi) is 4.82. The van der Waals surface area contributed by atoms with Crippen LogP contribution in [0, 0.1) is 11.3 Å². The normalized spacial score (nSPS) is 10.2. The quantitative estimate of drug-likeness (QED) is 0.753. The Bertz CT molecular complexity index is 908. The largest absolute Gasteiger partial charge is 0.397 e. The molecule has 2 aromatic carbocycles. The van der Waals surface area contributed by atoms with Crippen LogP contribution in [0.2, 0.25) is 0 Å². The maximum absolute atomic E-state index is 12.4. The Labute approximate surface area is 146 Å². The molecule has 0 atom stereocenters. The van der Waals surface area contributed by atoms with Gasteiger partial charge in [-0.1, -0.05) is 48.5 Å². The third-order valence-electron chi connectivity index (χ3n) is 3.93. The van der Waals surface area contributed by atoms with Crippen molar-refractivity contribution in [3.05, 3.63) is 83.7 Å². The Hall–Kier alpha value is -3.52. The van der Waals surface area contributed by atoms with Gasteiger partial charge in [0.1, 0.15) is 18.3 Å². The van der Waals surface area contributed by atoms with Crippen LogP contribution in [0.3, 0.4) is 0 Å². The lowest BCUT2D eigenvalue weighted by Gasteiger charge is -2.12. The first-order valence-electron chi connectivity index (χ1n) is 7.94. The fourth-order valence-corrected chi connectivity index (χ4v) is 2.74. The number of amides is 1. The highest BCUT2D eigenvalue weighted by Gasteiger charge is 2.16. The molecule has 124 valence electrons. The Morgan fingerprint density at radius 1 is 1.08 bits per heavy atom. The van der Waals surface area contributed by atoms with Crippen molar-refractivity contribution in [2.75, 3.05) is 11.1 Å². The molecule has 1 heterocycles. The van der Waals surface area contributed by atoms with Gasteiger partial charge in [-0.2, -0.15) is 5.26 Å². The summed E-state index contributed by atoms with van der Waals surface area (Å²) < 4.78 is 1.68. The second-order valence-electron chi connectivity index (χ2n) is 5.71.